The molecule has 5 nitrogen and oxygen atoms in total. The number of rotatable bonds is 4. The number of H-pyrrole nitrogens is 1. The summed E-state index contributed by atoms with van der Waals surface area (Å²) in [5.41, 5.74) is 1.37. The molecule has 0 aliphatic carbocycles. The molecule has 0 bridgehead atoms. The molecule has 1 amide bonds. The van der Waals surface area contributed by atoms with Crippen molar-refractivity contribution in [3.8, 4) is 5.75 Å². The van der Waals surface area contributed by atoms with E-state index in [0.717, 1.165) is 10.9 Å². The fourth-order valence-electron chi connectivity index (χ4n) is 1.77. The highest BCUT2D eigenvalue weighted by Gasteiger charge is 2.38. The predicted molar refractivity (Wildman–Crippen MR) is 65.4 cm³/mol. The van der Waals surface area contributed by atoms with E-state index in [-0.39, 0.29) is 13.0 Å². The molecule has 108 valence electrons. The van der Waals surface area contributed by atoms with Crippen LogP contribution in [0.15, 0.2) is 18.5 Å². The fourth-order valence-corrected chi connectivity index (χ4v) is 1.77. The Balaban J connectivity index is 2.05. The van der Waals surface area contributed by atoms with E-state index in [9.17, 15) is 18.0 Å². The lowest BCUT2D eigenvalue weighted by Crippen LogP contribution is -2.37. The normalized spacial score (nSPS) is 11.6. The van der Waals surface area contributed by atoms with Gasteiger partial charge in [-0.1, -0.05) is 0 Å². The topological polar surface area (TPSA) is 67.0 Å². The quantitative estimate of drug-likeness (QED) is 0.901. The second kappa shape index (κ2) is 5.40. The second-order valence-electron chi connectivity index (χ2n) is 4.09. The van der Waals surface area contributed by atoms with Crippen molar-refractivity contribution in [1.29, 1.82) is 0 Å². The molecule has 0 aliphatic heterocycles. The molecule has 2 rings (SSSR count). The summed E-state index contributed by atoms with van der Waals surface area (Å²) >= 11 is 0. The van der Waals surface area contributed by atoms with Crippen molar-refractivity contribution in [1.82, 2.24) is 15.3 Å². The van der Waals surface area contributed by atoms with Crippen molar-refractivity contribution in [2.24, 2.45) is 0 Å². The Morgan fingerprint density at radius 1 is 1.50 bits per heavy atom. The molecule has 2 N–H and O–H groups in total. The number of nitrogens with zero attached hydrogens (tertiary/aromatic N) is 1. The number of ether oxygens (including phenoxy) is 1. The van der Waals surface area contributed by atoms with Crippen molar-refractivity contribution in [3.63, 3.8) is 0 Å². The van der Waals surface area contributed by atoms with Gasteiger partial charge in [0.05, 0.1) is 13.3 Å². The maximum atomic E-state index is 12.0. The Bertz CT molecular complexity index is 622. The monoisotopic (exact) mass is 287 g/mol. The zero-order valence-electron chi connectivity index (χ0n) is 10.5. The first-order valence-electron chi connectivity index (χ1n) is 5.77. The fraction of sp³-hybridized carbons (Fsp3) is 0.333. The van der Waals surface area contributed by atoms with Gasteiger partial charge in [-0.3, -0.25) is 4.79 Å². The summed E-state index contributed by atoms with van der Waals surface area (Å²) in [5.74, 6) is -1.38. The third kappa shape index (κ3) is 3.01. The van der Waals surface area contributed by atoms with Crippen molar-refractivity contribution in [2.45, 2.75) is 12.6 Å². The summed E-state index contributed by atoms with van der Waals surface area (Å²) in [5, 5.41) is 2.58. The van der Waals surface area contributed by atoms with E-state index in [2.05, 4.69) is 9.97 Å². The van der Waals surface area contributed by atoms with Crippen molar-refractivity contribution in [3.05, 3.63) is 24.0 Å². The van der Waals surface area contributed by atoms with Crippen LogP contribution in [0.25, 0.3) is 11.0 Å². The first kappa shape index (κ1) is 14.2. The van der Waals surface area contributed by atoms with Gasteiger partial charge in [-0.05, 0) is 18.1 Å². The standard InChI is InChI=1S/C12H12F3N3O2/c1-20-8-4-9-7(5-17-10(9)18-6-8)2-3-16-11(19)12(13,14)15/h4-6H,2-3H2,1H3,(H,16,19)(H,17,18). The Morgan fingerprint density at radius 2 is 2.25 bits per heavy atom. The molecule has 0 spiro atoms. The van der Waals surface area contributed by atoms with Crippen LogP contribution in [0.3, 0.4) is 0 Å². The van der Waals surface area contributed by atoms with Crippen LogP contribution >= 0.6 is 0 Å². The minimum absolute atomic E-state index is 0.109. The molecule has 8 heteroatoms. The summed E-state index contributed by atoms with van der Waals surface area (Å²) in [6, 6.07) is 1.74. The van der Waals surface area contributed by atoms with E-state index >= 15 is 0 Å². The van der Waals surface area contributed by atoms with Gasteiger partial charge in [-0.2, -0.15) is 13.2 Å². The van der Waals surface area contributed by atoms with Crippen molar-refractivity contribution < 1.29 is 22.7 Å². The molecule has 0 saturated carbocycles. The highest BCUT2D eigenvalue weighted by atomic mass is 19.4. The summed E-state index contributed by atoms with van der Waals surface area (Å²) in [7, 11) is 1.50. The lowest BCUT2D eigenvalue weighted by molar-refractivity contribution is -0.173. The van der Waals surface area contributed by atoms with E-state index in [1.165, 1.54) is 13.3 Å². The van der Waals surface area contributed by atoms with Gasteiger partial charge in [0.1, 0.15) is 11.4 Å². The van der Waals surface area contributed by atoms with Crippen molar-refractivity contribution >= 4 is 16.9 Å². The Labute approximate surface area is 112 Å². The third-order valence-electron chi connectivity index (χ3n) is 2.76. The summed E-state index contributed by atoms with van der Waals surface area (Å²) < 4.78 is 41.1. The molecule has 0 radical (unpaired) electrons. The second-order valence-corrected chi connectivity index (χ2v) is 4.09. The molecule has 2 aromatic heterocycles. The molecule has 20 heavy (non-hydrogen) atoms. The number of nitrogens with one attached hydrogen (secondary N) is 2. The maximum Gasteiger partial charge on any atom is 0.471 e. The number of aromatic nitrogens is 2. The van der Waals surface area contributed by atoms with Gasteiger partial charge >= 0.3 is 12.1 Å². The van der Waals surface area contributed by atoms with Gasteiger partial charge in [0.25, 0.3) is 0 Å². The Morgan fingerprint density at radius 3 is 2.90 bits per heavy atom. The van der Waals surface area contributed by atoms with E-state index in [1.54, 1.807) is 12.3 Å². The summed E-state index contributed by atoms with van der Waals surface area (Å²) in [4.78, 5) is 17.7. The van der Waals surface area contributed by atoms with Gasteiger partial charge in [0, 0.05) is 18.1 Å². The molecule has 2 aromatic rings. The molecule has 0 aliphatic rings. The highest BCUT2D eigenvalue weighted by Crippen LogP contribution is 2.21. The minimum Gasteiger partial charge on any atom is -0.495 e. The van der Waals surface area contributed by atoms with Gasteiger partial charge in [0.15, 0.2) is 0 Å². The lowest BCUT2D eigenvalue weighted by atomic mass is 10.1. The van der Waals surface area contributed by atoms with E-state index < -0.39 is 12.1 Å². The van der Waals surface area contributed by atoms with Crippen molar-refractivity contribution in [2.75, 3.05) is 13.7 Å². The van der Waals surface area contributed by atoms with Crippen LogP contribution in [-0.4, -0.2) is 35.7 Å². The van der Waals surface area contributed by atoms with E-state index in [4.69, 9.17) is 4.74 Å². The van der Waals surface area contributed by atoms with Crippen LogP contribution in [0.5, 0.6) is 5.75 Å². The maximum absolute atomic E-state index is 12.0. The molecule has 0 saturated heterocycles. The number of aromatic amines is 1. The highest BCUT2D eigenvalue weighted by molar-refractivity contribution is 5.82. The molecule has 0 fully saturated rings. The summed E-state index contributed by atoms with van der Waals surface area (Å²) in [6.45, 7) is -0.109. The average Bonchev–Trinajstić information content (AvgIpc) is 2.80. The van der Waals surface area contributed by atoms with E-state index in [0.29, 0.717) is 11.4 Å². The van der Waals surface area contributed by atoms with Crippen LogP contribution in [0.1, 0.15) is 5.56 Å². The Kier molecular flexibility index (Phi) is 3.82. The zero-order valence-corrected chi connectivity index (χ0v) is 10.5. The molecular weight excluding hydrogens is 275 g/mol. The smallest absolute Gasteiger partial charge is 0.471 e. The number of amides is 1. The van der Waals surface area contributed by atoms with Crippen LogP contribution < -0.4 is 10.1 Å². The number of alkyl halides is 3. The largest absolute Gasteiger partial charge is 0.495 e. The molecule has 0 unspecified atom stereocenters. The van der Waals surface area contributed by atoms with Crippen LogP contribution in [-0.2, 0) is 11.2 Å². The van der Waals surface area contributed by atoms with Crippen LogP contribution in [0.4, 0.5) is 13.2 Å². The number of carbonyl (C=O) groups is 1. The number of hydrogen-bond donors (Lipinski definition) is 2. The van der Waals surface area contributed by atoms with Gasteiger partial charge in [-0.25, -0.2) is 4.98 Å². The number of methoxy groups -OCH3 is 1. The SMILES string of the molecule is COc1cnc2[nH]cc(CCNC(=O)C(F)(F)F)c2c1. The molecule has 0 aromatic carbocycles. The Hall–Kier alpha value is -2.25. The van der Waals surface area contributed by atoms with Gasteiger partial charge in [0.2, 0.25) is 0 Å². The van der Waals surface area contributed by atoms with E-state index in [1.807, 2.05) is 5.32 Å². The lowest BCUT2D eigenvalue weighted by Gasteiger charge is -2.07. The number of hydrogen-bond acceptors (Lipinski definition) is 3. The summed E-state index contributed by atoms with van der Waals surface area (Å²) in [6.07, 6.45) is -1.41. The predicted octanol–water partition coefficient (Wildman–Crippen LogP) is 1.79. The minimum atomic E-state index is -4.86. The van der Waals surface area contributed by atoms with Gasteiger partial charge < -0.3 is 15.0 Å². The number of pyridine rings is 1. The molecule has 2 heterocycles. The first-order chi connectivity index (χ1) is 9.41. The number of fused-ring (bicyclic) bond motifs is 1. The molecular formula is C12H12F3N3O2. The number of carbonyl (C=O) groups excluding carboxylic acids is 1. The average molecular weight is 287 g/mol. The van der Waals surface area contributed by atoms with Gasteiger partial charge in [-0.15, -0.1) is 0 Å². The third-order valence-corrected chi connectivity index (χ3v) is 2.76. The number of halogens is 3. The first-order valence-corrected chi connectivity index (χ1v) is 5.77. The molecule has 0 atom stereocenters. The van der Waals surface area contributed by atoms with Crippen LogP contribution in [0, 0.1) is 0 Å². The zero-order chi connectivity index (χ0) is 14.8. The van der Waals surface area contributed by atoms with Crippen LogP contribution in [0.2, 0.25) is 0 Å².